The van der Waals surface area contributed by atoms with E-state index in [2.05, 4.69) is 47.0 Å². The van der Waals surface area contributed by atoms with Gasteiger partial charge >= 0.3 is 52.5 Å². The number of allylic oxidation sites excluding steroid dienone is 1. The Labute approximate surface area is 150 Å². The predicted octanol–water partition coefficient (Wildman–Crippen LogP) is 4.49. The van der Waals surface area contributed by atoms with Gasteiger partial charge in [-0.2, -0.15) is 0 Å². The normalized spacial score (nSPS) is 13.8. The van der Waals surface area contributed by atoms with Gasteiger partial charge in [-0.3, -0.25) is 0 Å². The van der Waals surface area contributed by atoms with E-state index in [0.29, 0.717) is 5.41 Å². The predicted molar refractivity (Wildman–Crippen MR) is 71.6 cm³/mol. The summed E-state index contributed by atoms with van der Waals surface area (Å²) in [6.45, 7) is 26.5. The fraction of sp³-hybridized carbons (Fsp3) is 0.500. The number of halogens is 4. The van der Waals surface area contributed by atoms with Crippen molar-refractivity contribution in [2.24, 2.45) is 5.41 Å². The van der Waals surface area contributed by atoms with Crippen LogP contribution in [-0.4, -0.2) is 7.25 Å². The van der Waals surface area contributed by atoms with Gasteiger partial charge in [-0.15, -0.1) is 6.58 Å². The average molecular weight is 392 g/mol. The molecule has 1 rings (SSSR count). The Kier molecular flexibility index (Phi) is 43.1. The Morgan fingerprint density at radius 3 is 1.42 bits per heavy atom. The number of hydrogen-bond acceptors (Lipinski definition) is 0. The minimum atomic E-state index is -6.00. The van der Waals surface area contributed by atoms with Crippen molar-refractivity contribution < 1.29 is 52.9 Å². The second-order valence-electron chi connectivity index (χ2n) is 4.55. The van der Waals surface area contributed by atoms with Crippen LogP contribution in [0.1, 0.15) is 39.5 Å². The first-order chi connectivity index (χ1) is 10.6. The van der Waals surface area contributed by atoms with Gasteiger partial charge in [0.25, 0.3) is 0 Å². The molecule has 4 nitrogen and oxygen atoms in total. The molecule has 0 amide bonds. The molecule has 24 heavy (non-hydrogen) atoms. The summed E-state index contributed by atoms with van der Waals surface area (Å²) in [7, 11) is -6.00. The van der Waals surface area contributed by atoms with Gasteiger partial charge < -0.3 is 17.3 Å². The van der Waals surface area contributed by atoms with Crippen LogP contribution in [0.15, 0.2) is 12.7 Å². The molecule has 0 aromatic rings. The molecular weight excluding hydrogens is 375 g/mol. The summed E-state index contributed by atoms with van der Waals surface area (Å²) >= 11 is 0. The van der Waals surface area contributed by atoms with Crippen molar-refractivity contribution in [1.29, 1.82) is 0 Å². The van der Waals surface area contributed by atoms with Crippen LogP contribution < -0.4 is 0 Å². The Hall–Kier alpha value is -0.996. The summed E-state index contributed by atoms with van der Waals surface area (Å²) < 4.78 is 69.0. The fourth-order valence-electron chi connectivity index (χ4n) is 1.76. The minimum absolute atomic E-state index is 0. The monoisotopic (exact) mass is 392 g/mol. The summed E-state index contributed by atoms with van der Waals surface area (Å²) in [6.07, 6.45) is 7.32. The molecule has 10 heteroatoms. The van der Waals surface area contributed by atoms with Crippen LogP contribution in [0.4, 0.5) is 17.3 Å². The maximum atomic E-state index is 9.75. The summed E-state index contributed by atoms with van der Waals surface area (Å²) in [5.74, 6) is 1.55. The SMILES string of the molecule is C=C[C]1CCCC(C)(C)C1.F[B-](F)(F)F.[C-]#[O+].[C-]#[O+].[C-]#[O+].[C-]#[O+].[Fe]. The molecule has 1 aliphatic carbocycles. The molecule has 1 fully saturated rings. The van der Waals surface area contributed by atoms with Gasteiger partial charge in [0.2, 0.25) is 0 Å². The Bertz CT molecular complexity index is 322. The quantitative estimate of drug-likeness (QED) is 0.273. The van der Waals surface area contributed by atoms with Gasteiger partial charge in [0, 0.05) is 17.1 Å². The Balaban J connectivity index is -0.0000000498. The molecular formula is C14H17BF4FeO4-. The van der Waals surface area contributed by atoms with Gasteiger partial charge in [0.1, 0.15) is 0 Å². The van der Waals surface area contributed by atoms with Crippen LogP contribution in [0.5, 0.6) is 0 Å². The van der Waals surface area contributed by atoms with Crippen molar-refractivity contribution in [3.8, 4) is 0 Å². The van der Waals surface area contributed by atoms with Crippen molar-refractivity contribution in [2.75, 3.05) is 0 Å². The van der Waals surface area contributed by atoms with Crippen LogP contribution in [0.25, 0.3) is 0 Å². The molecule has 1 saturated carbocycles. The van der Waals surface area contributed by atoms with Crippen molar-refractivity contribution in [1.82, 2.24) is 0 Å². The van der Waals surface area contributed by atoms with Crippen LogP contribution in [0.3, 0.4) is 0 Å². The van der Waals surface area contributed by atoms with Gasteiger partial charge in [-0.25, -0.2) is 0 Å². The van der Waals surface area contributed by atoms with E-state index in [-0.39, 0.29) is 17.1 Å². The van der Waals surface area contributed by atoms with Crippen molar-refractivity contribution in [2.45, 2.75) is 39.5 Å². The van der Waals surface area contributed by atoms with E-state index < -0.39 is 7.25 Å². The van der Waals surface area contributed by atoms with E-state index in [1.165, 1.54) is 25.7 Å². The summed E-state index contributed by atoms with van der Waals surface area (Å²) in [5.41, 5.74) is 0.543. The number of hydrogen-bond donors (Lipinski definition) is 0. The van der Waals surface area contributed by atoms with Gasteiger partial charge in [-0.1, -0.05) is 26.3 Å². The third-order valence-corrected chi connectivity index (χ3v) is 2.35. The second kappa shape index (κ2) is 26.9. The van der Waals surface area contributed by atoms with Crippen LogP contribution in [0.2, 0.25) is 0 Å². The van der Waals surface area contributed by atoms with Crippen LogP contribution in [0, 0.1) is 37.9 Å². The second-order valence-corrected chi connectivity index (χ2v) is 4.55. The molecule has 0 aromatic carbocycles. The topological polar surface area (TPSA) is 79.6 Å². The Morgan fingerprint density at radius 1 is 0.958 bits per heavy atom. The van der Waals surface area contributed by atoms with E-state index in [4.69, 9.17) is 18.6 Å². The van der Waals surface area contributed by atoms with E-state index >= 15 is 0 Å². The molecule has 1 radical (unpaired) electrons. The molecule has 0 saturated heterocycles. The van der Waals surface area contributed by atoms with E-state index in [9.17, 15) is 17.3 Å². The summed E-state index contributed by atoms with van der Waals surface area (Å²) in [5, 5.41) is 0. The third kappa shape index (κ3) is 49.7. The molecule has 0 unspecified atom stereocenters. The van der Waals surface area contributed by atoms with E-state index in [0.717, 1.165) is 0 Å². The van der Waals surface area contributed by atoms with E-state index in [1.54, 1.807) is 5.92 Å². The largest absolute Gasteiger partial charge is 0 e. The van der Waals surface area contributed by atoms with Crippen LogP contribution in [-0.2, 0) is 35.7 Å². The van der Waals surface area contributed by atoms with Gasteiger partial charge in [0.15, 0.2) is 0 Å². The zero-order chi connectivity index (χ0) is 20.1. The first kappa shape index (κ1) is 38.5. The maximum Gasteiger partial charge on any atom is 0 e. The molecule has 0 aliphatic heterocycles. The molecule has 0 atom stereocenters. The zero-order valence-corrected chi connectivity index (χ0v) is 14.3. The Morgan fingerprint density at radius 2 is 1.25 bits per heavy atom. The van der Waals surface area contributed by atoms with Gasteiger partial charge in [0.05, 0.1) is 0 Å². The summed E-state index contributed by atoms with van der Waals surface area (Å²) in [4.78, 5) is 0. The first-order valence-corrected chi connectivity index (χ1v) is 5.80. The van der Waals surface area contributed by atoms with Gasteiger partial charge in [-0.05, 0) is 30.6 Å². The molecule has 0 spiro atoms. The smallest absolute Gasteiger partial charge is 0 e. The van der Waals surface area contributed by atoms with Crippen molar-refractivity contribution >= 4 is 7.25 Å². The first-order valence-electron chi connectivity index (χ1n) is 5.80. The van der Waals surface area contributed by atoms with Crippen LogP contribution >= 0.6 is 0 Å². The molecule has 0 aromatic heterocycles. The third-order valence-electron chi connectivity index (χ3n) is 2.35. The zero-order valence-electron chi connectivity index (χ0n) is 13.2. The molecule has 1 aliphatic rings. The maximum absolute atomic E-state index is 9.75. The molecule has 0 heterocycles. The molecule has 0 N–H and O–H groups in total. The average Bonchev–Trinajstić information content (AvgIpc) is 2.52. The molecule has 137 valence electrons. The standard InChI is InChI=1S/C10H17.4CO.BF4.Fe/c1-4-9-6-5-7-10(2,3)8-9;4*1-2;2-1(3,4)5;/h4H,1,5-8H2,2-3H3;;;;;;/q;;;;;-1;. The van der Waals surface area contributed by atoms with Crippen molar-refractivity contribution in [3.63, 3.8) is 0 Å². The van der Waals surface area contributed by atoms with E-state index in [1.807, 2.05) is 6.08 Å². The fourth-order valence-corrected chi connectivity index (χ4v) is 1.76. The number of rotatable bonds is 1. The molecule has 0 bridgehead atoms. The summed E-state index contributed by atoms with van der Waals surface area (Å²) in [6, 6.07) is 0. The van der Waals surface area contributed by atoms with Crippen molar-refractivity contribution in [3.05, 3.63) is 45.2 Å². The minimum Gasteiger partial charge on any atom is 0 e.